The molecule has 0 aromatic rings. The number of esters is 2. The molecule has 0 heterocycles. The van der Waals surface area contributed by atoms with Crippen LogP contribution in [0.4, 0.5) is 0 Å². The molecule has 0 amide bonds. The van der Waals surface area contributed by atoms with Crippen molar-refractivity contribution < 1.29 is 42.9 Å². The molecule has 0 aliphatic carbocycles. The van der Waals surface area contributed by atoms with Crippen molar-refractivity contribution in [1.29, 1.82) is 0 Å². The molecule has 9 heteroatoms. The van der Waals surface area contributed by atoms with Crippen LogP contribution in [-0.4, -0.2) is 87.4 Å². The Labute approximate surface area is 292 Å². The van der Waals surface area contributed by atoms with E-state index < -0.39 is 24.3 Å². The van der Waals surface area contributed by atoms with Crippen molar-refractivity contribution in [2.45, 2.75) is 135 Å². The Balaban J connectivity index is 4.65. The Hall–Kier alpha value is -2.75. The van der Waals surface area contributed by atoms with Crippen LogP contribution < -0.4 is 0 Å². The van der Waals surface area contributed by atoms with Gasteiger partial charge in [-0.05, 0) is 64.2 Å². The first-order valence-corrected chi connectivity index (χ1v) is 18.3. The first-order chi connectivity index (χ1) is 23.1. The first-order valence-electron chi connectivity index (χ1n) is 18.3. The highest BCUT2D eigenvalue weighted by molar-refractivity contribution is 5.71. The van der Waals surface area contributed by atoms with E-state index in [0.29, 0.717) is 17.4 Å². The lowest BCUT2D eigenvalue weighted by molar-refractivity contribution is -0.870. The van der Waals surface area contributed by atoms with Crippen molar-refractivity contribution >= 4 is 17.9 Å². The molecule has 0 bridgehead atoms. The number of hydrogen-bond donors (Lipinski definition) is 1. The van der Waals surface area contributed by atoms with Gasteiger partial charge in [0.2, 0.25) is 0 Å². The molecule has 0 aliphatic heterocycles. The number of carboxylic acid groups (broad SMARTS) is 1. The number of rotatable bonds is 32. The number of carbonyl (C=O) groups is 3. The van der Waals surface area contributed by atoms with Gasteiger partial charge in [0.05, 0.1) is 34.4 Å². The summed E-state index contributed by atoms with van der Waals surface area (Å²) in [5, 5.41) is 9.56. The molecule has 0 saturated carbocycles. The number of unbranched alkanes of at least 4 members (excludes halogenated alkanes) is 9. The molecule has 0 rings (SSSR count). The zero-order valence-corrected chi connectivity index (χ0v) is 30.9. The highest BCUT2D eigenvalue weighted by atomic mass is 16.7. The van der Waals surface area contributed by atoms with Gasteiger partial charge in [0.15, 0.2) is 6.10 Å². The molecule has 0 aromatic carbocycles. The van der Waals surface area contributed by atoms with E-state index in [2.05, 4.69) is 62.5 Å². The minimum Gasteiger partial charge on any atom is -0.477 e. The molecule has 2 atom stereocenters. The lowest BCUT2D eigenvalue weighted by Crippen LogP contribution is -2.40. The van der Waals surface area contributed by atoms with Crippen molar-refractivity contribution in [1.82, 2.24) is 0 Å². The van der Waals surface area contributed by atoms with Crippen molar-refractivity contribution in [2.75, 3.05) is 47.5 Å². The lowest BCUT2D eigenvalue weighted by Gasteiger charge is -2.25. The maximum absolute atomic E-state index is 12.6. The molecular weight excluding hydrogens is 610 g/mol. The van der Waals surface area contributed by atoms with Gasteiger partial charge in [0.1, 0.15) is 13.2 Å². The number of ether oxygens (including phenoxy) is 4. The first kappa shape index (κ1) is 45.2. The number of nitrogens with zero attached hydrogens (tertiary/aromatic N) is 1. The van der Waals surface area contributed by atoms with Crippen LogP contribution in [0.2, 0.25) is 0 Å². The normalized spacial score (nSPS) is 13.6. The number of allylic oxidation sites excluding steroid dienone is 8. The largest absolute Gasteiger partial charge is 0.477 e. The van der Waals surface area contributed by atoms with Crippen LogP contribution >= 0.6 is 0 Å². The number of carboxylic acids is 1. The molecule has 0 aromatic heterocycles. The second-order valence-corrected chi connectivity index (χ2v) is 13.1. The van der Waals surface area contributed by atoms with Crippen molar-refractivity contribution in [3.8, 4) is 0 Å². The van der Waals surface area contributed by atoms with Gasteiger partial charge in [-0.15, -0.1) is 0 Å². The fourth-order valence-electron chi connectivity index (χ4n) is 4.44. The summed E-state index contributed by atoms with van der Waals surface area (Å²) in [4.78, 5) is 36.8. The van der Waals surface area contributed by atoms with Gasteiger partial charge in [-0.2, -0.15) is 0 Å². The number of aliphatic carboxylic acids is 1. The average Bonchev–Trinajstić information content (AvgIpc) is 3.03. The Bertz CT molecular complexity index is 935. The summed E-state index contributed by atoms with van der Waals surface area (Å²) in [7, 11) is 5.92. The minimum absolute atomic E-state index is 0.179. The molecule has 9 nitrogen and oxygen atoms in total. The van der Waals surface area contributed by atoms with E-state index in [1.54, 1.807) is 0 Å². The van der Waals surface area contributed by atoms with Crippen LogP contribution in [0.3, 0.4) is 0 Å². The monoisotopic (exact) mass is 678 g/mol. The quantitative estimate of drug-likeness (QED) is 0.0248. The molecular formula is C39H68NO8+. The third-order valence-corrected chi connectivity index (χ3v) is 7.30. The smallest absolute Gasteiger partial charge is 0.361 e. The second-order valence-electron chi connectivity index (χ2n) is 13.1. The topological polar surface area (TPSA) is 108 Å². The molecule has 48 heavy (non-hydrogen) atoms. The summed E-state index contributed by atoms with van der Waals surface area (Å²) in [5.41, 5.74) is 0. The van der Waals surface area contributed by atoms with Crippen LogP contribution in [0.15, 0.2) is 48.6 Å². The summed E-state index contributed by atoms with van der Waals surface area (Å²) in [6.45, 7) is 4.60. The standard InChI is InChI=1S/C39H67NO8/c1-6-8-10-12-14-16-18-19-20-22-24-26-28-30-37(42)48-35(34-47-39(38(43)44)45-32-31-40(3,4)5)33-46-36(41)29-27-25-23-21-17-15-13-11-9-7-2/h8,10-11,13-14,16,19-20,35,39H,6-7,9,12,15,17-18,21-34H2,1-5H3/p+1/b10-8-,13-11-,16-14-,20-19-. The van der Waals surface area contributed by atoms with Crippen LogP contribution in [-0.2, 0) is 33.3 Å². The number of carbonyl (C=O) groups excluding carboxylic acids is 2. The summed E-state index contributed by atoms with van der Waals surface area (Å²) in [5.74, 6) is -2.08. The van der Waals surface area contributed by atoms with Gasteiger partial charge in [-0.1, -0.05) is 94.6 Å². The summed E-state index contributed by atoms with van der Waals surface area (Å²) >= 11 is 0. The molecule has 0 radical (unpaired) electrons. The second kappa shape index (κ2) is 31.5. The highest BCUT2D eigenvalue weighted by Crippen LogP contribution is 2.11. The van der Waals surface area contributed by atoms with Gasteiger partial charge in [0.25, 0.3) is 6.29 Å². The third-order valence-electron chi connectivity index (χ3n) is 7.30. The Kier molecular flexibility index (Phi) is 29.7. The van der Waals surface area contributed by atoms with Gasteiger partial charge >= 0.3 is 17.9 Å². The zero-order valence-electron chi connectivity index (χ0n) is 30.9. The maximum atomic E-state index is 12.6. The Morgan fingerprint density at radius 1 is 0.646 bits per heavy atom. The van der Waals surface area contributed by atoms with Gasteiger partial charge in [-0.3, -0.25) is 9.59 Å². The maximum Gasteiger partial charge on any atom is 0.361 e. The van der Waals surface area contributed by atoms with Crippen molar-refractivity contribution in [3.63, 3.8) is 0 Å². The average molecular weight is 679 g/mol. The van der Waals surface area contributed by atoms with Crippen LogP contribution in [0, 0.1) is 0 Å². The van der Waals surface area contributed by atoms with E-state index in [-0.39, 0.29) is 38.6 Å². The lowest BCUT2D eigenvalue weighted by atomic mass is 10.1. The third kappa shape index (κ3) is 31.8. The molecule has 0 fully saturated rings. The van der Waals surface area contributed by atoms with Crippen LogP contribution in [0.1, 0.15) is 123 Å². The van der Waals surface area contributed by atoms with Gasteiger partial charge < -0.3 is 28.5 Å². The fourth-order valence-corrected chi connectivity index (χ4v) is 4.44. The number of hydrogen-bond acceptors (Lipinski definition) is 7. The molecule has 1 N–H and O–H groups in total. The van der Waals surface area contributed by atoms with Gasteiger partial charge in [-0.25, -0.2) is 4.79 Å². The van der Waals surface area contributed by atoms with Crippen molar-refractivity contribution in [3.05, 3.63) is 48.6 Å². The van der Waals surface area contributed by atoms with Gasteiger partial charge in [0, 0.05) is 12.8 Å². The van der Waals surface area contributed by atoms with Crippen LogP contribution in [0.5, 0.6) is 0 Å². The summed E-state index contributed by atoms with van der Waals surface area (Å²) < 4.78 is 22.5. The fraction of sp³-hybridized carbons (Fsp3) is 0.718. The van der Waals surface area contributed by atoms with E-state index in [1.165, 1.54) is 6.42 Å². The van der Waals surface area contributed by atoms with E-state index in [9.17, 15) is 19.5 Å². The molecule has 0 spiro atoms. The Morgan fingerprint density at radius 2 is 1.19 bits per heavy atom. The SMILES string of the molecule is CC/C=C\C/C=C\C/C=C\CCCCCC(=O)OC(COC(=O)CCCCCCC/C=C\CCC)COC(OCC[N+](C)(C)C)C(=O)O. The Morgan fingerprint density at radius 3 is 1.81 bits per heavy atom. The highest BCUT2D eigenvalue weighted by Gasteiger charge is 2.25. The summed E-state index contributed by atoms with van der Waals surface area (Å²) in [6.07, 6.45) is 30.4. The van der Waals surface area contributed by atoms with E-state index >= 15 is 0 Å². The number of quaternary nitrogens is 1. The molecule has 276 valence electrons. The van der Waals surface area contributed by atoms with Crippen LogP contribution in [0.25, 0.3) is 0 Å². The molecule has 0 saturated heterocycles. The predicted octanol–water partition coefficient (Wildman–Crippen LogP) is 8.49. The number of likely N-dealkylation sites (N-methyl/N-ethyl adjacent to an activating group) is 1. The molecule has 2 unspecified atom stereocenters. The van der Waals surface area contributed by atoms with E-state index in [0.717, 1.165) is 83.5 Å². The summed E-state index contributed by atoms with van der Waals surface area (Å²) in [6, 6.07) is 0. The van der Waals surface area contributed by atoms with E-state index in [4.69, 9.17) is 18.9 Å². The van der Waals surface area contributed by atoms with E-state index in [1.807, 2.05) is 21.1 Å². The van der Waals surface area contributed by atoms with Crippen molar-refractivity contribution in [2.24, 2.45) is 0 Å². The minimum atomic E-state index is -1.52. The zero-order chi connectivity index (χ0) is 35.7. The predicted molar refractivity (Wildman–Crippen MR) is 193 cm³/mol. The molecule has 0 aliphatic rings.